The molecule has 0 bridgehead atoms. The highest BCUT2D eigenvalue weighted by molar-refractivity contribution is 8.00. The minimum absolute atomic E-state index is 0.626. The molecule has 0 radical (unpaired) electrons. The van der Waals surface area contributed by atoms with Crippen LogP contribution in [0.5, 0.6) is 0 Å². The second-order valence-corrected chi connectivity index (χ2v) is 6.87. The Kier molecular flexibility index (Phi) is 5.37. The van der Waals surface area contributed by atoms with Gasteiger partial charge in [-0.2, -0.15) is 11.8 Å². The van der Waals surface area contributed by atoms with Gasteiger partial charge in [0.15, 0.2) is 0 Å². The first-order valence-electron chi connectivity index (χ1n) is 7.26. The molecular weight excluding hydrogens is 256 g/mol. The summed E-state index contributed by atoms with van der Waals surface area (Å²) in [6.07, 6.45) is 0. The first kappa shape index (κ1) is 14.9. The van der Waals surface area contributed by atoms with Crippen LogP contribution in [0.3, 0.4) is 0 Å². The third-order valence-corrected chi connectivity index (χ3v) is 5.32. The molecule has 1 aliphatic rings. The van der Waals surface area contributed by atoms with Gasteiger partial charge < -0.3 is 9.73 Å². The molecule has 0 spiro atoms. The lowest BCUT2D eigenvalue weighted by Crippen LogP contribution is -2.43. The fourth-order valence-electron chi connectivity index (χ4n) is 2.50. The number of aryl methyl sites for hydroxylation is 1. The highest BCUT2D eigenvalue weighted by Gasteiger charge is 2.26. The van der Waals surface area contributed by atoms with E-state index in [9.17, 15) is 0 Å². The Morgan fingerprint density at radius 3 is 3.00 bits per heavy atom. The van der Waals surface area contributed by atoms with Crippen molar-refractivity contribution in [3.63, 3.8) is 0 Å². The standard InChI is InChI=1S/C15H26N2OS/c1-5-16-9-15-11(2)8-14(18-15)10-17-6-7-19-13(4)12(17)3/h8,12-13,16H,5-7,9-10H2,1-4H3. The van der Waals surface area contributed by atoms with Crippen molar-refractivity contribution in [3.05, 3.63) is 23.2 Å². The van der Waals surface area contributed by atoms with Gasteiger partial charge in [0, 0.05) is 23.6 Å². The lowest BCUT2D eigenvalue weighted by Gasteiger charge is -2.36. The van der Waals surface area contributed by atoms with E-state index >= 15 is 0 Å². The van der Waals surface area contributed by atoms with Crippen molar-refractivity contribution in [1.29, 1.82) is 0 Å². The Hall–Kier alpha value is -0.450. The number of furan rings is 1. The van der Waals surface area contributed by atoms with Gasteiger partial charge in [0.1, 0.15) is 11.5 Å². The Labute approximate surface area is 121 Å². The van der Waals surface area contributed by atoms with Gasteiger partial charge in [-0.05, 0) is 32.0 Å². The van der Waals surface area contributed by atoms with Gasteiger partial charge in [-0.1, -0.05) is 13.8 Å². The van der Waals surface area contributed by atoms with Gasteiger partial charge in [0.2, 0.25) is 0 Å². The number of hydrogen-bond acceptors (Lipinski definition) is 4. The average Bonchev–Trinajstić information content (AvgIpc) is 2.73. The van der Waals surface area contributed by atoms with Gasteiger partial charge >= 0.3 is 0 Å². The van der Waals surface area contributed by atoms with Gasteiger partial charge in [-0.3, -0.25) is 4.90 Å². The predicted octanol–water partition coefficient (Wildman–Crippen LogP) is 3.02. The third-order valence-electron chi connectivity index (χ3n) is 3.98. The van der Waals surface area contributed by atoms with Crippen molar-refractivity contribution in [2.24, 2.45) is 0 Å². The summed E-state index contributed by atoms with van der Waals surface area (Å²) >= 11 is 2.08. The molecule has 1 aliphatic heterocycles. The van der Waals surface area contributed by atoms with Gasteiger partial charge in [-0.25, -0.2) is 0 Å². The summed E-state index contributed by atoms with van der Waals surface area (Å²) in [4.78, 5) is 2.54. The van der Waals surface area contributed by atoms with Gasteiger partial charge in [0.25, 0.3) is 0 Å². The first-order chi connectivity index (χ1) is 9.11. The van der Waals surface area contributed by atoms with E-state index in [1.807, 2.05) is 0 Å². The van der Waals surface area contributed by atoms with Crippen LogP contribution in [0.4, 0.5) is 0 Å². The van der Waals surface area contributed by atoms with Crippen molar-refractivity contribution >= 4 is 11.8 Å². The van der Waals surface area contributed by atoms with E-state index in [4.69, 9.17) is 4.42 Å². The monoisotopic (exact) mass is 282 g/mol. The summed E-state index contributed by atoms with van der Waals surface area (Å²) in [5.41, 5.74) is 1.27. The second kappa shape index (κ2) is 6.82. The van der Waals surface area contributed by atoms with Crippen LogP contribution in [0.15, 0.2) is 10.5 Å². The molecule has 0 amide bonds. The highest BCUT2D eigenvalue weighted by Crippen LogP contribution is 2.26. The average molecular weight is 282 g/mol. The molecule has 1 fully saturated rings. The molecule has 1 saturated heterocycles. The molecule has 1 N–H and O–H groups in total. The highest BCUT2D eigenvalue weighted by atomic mass is 32.2. The Bertz CT molecular complexity index is 405. The molecule has 108 valence electrons. The van der Waals surface area contributed by atoms with E-state index in [1.54, 1.807) is 0 Å². The summed E-state index contributed by atoms with van der Waals surface area (Å²) in [6, 6.07) is 2.83. The molecule has 3 nitrogen and oxygen atoms in total. The summed E-state index contributed by atoms with van der Waals surface area (Å²) < 4.78 is 5.99. The summed E-state index contributed by atoms with van der Waals surface area (Å²) in [6.45, 7) is 12.8. The van der Waals surface area contributed by atoms with Crippen molar-refractivity contribution in [2.75, 3.05) is 18.8 Å². The summed E-state index contributed by atoms with van der Waals surface area (Å²) in [5, 5.41) is 4.04. The van der Waals surface area contributed by atoms with Crippen LogP contribution in [0, 0.1) is 6.92 Å². The van der Waals surface area contributed by atoms with E-state index < -0.39 is 0 Å². The molecule has 1 aromatic rings. The largest absolute Gasteiger partial charge is 0.463 e. The van der Waals surface area contributed by atoms with E-state index in [1.165, 1.54) is 17.9 Å². The van der Waals surface area contributed by atoms with Crippen molar-refractivity contribution < 1.29 is 4.42 Å². The predicted molar refractivity (Wildman–Crippen MR) is 82.6 cm³/mol. The van der Waals surface area contributed by atoms with Crippen LogP contribution in [0.1, 0.15) is 37.9 Å². The van der Waals surface area contributed by atoms with Crippen molar-refractivity contribution in [1.82, 2.24) is 10.2 Å². The van der Waals surface area contributed by atoms with Crippen LogP contribution in [-0.4, -0.2) is 35.0 Å². The Balaban J connectivity index is 1.98. The Morgan fingerprint density at radius 2 is 2.26 bits per heavy atom. The molecule has 2 unspecified atom stereocenters. The zero-order valence-electron chi connectivity index (χ0n) is 12.5. The molecule has 0 aliphatic carbocycles. The van der Waals surface area contributed by atoms with Crippen LogP contribution < -0.4 is 5.32 Å². The topological polar surface area (TPSA) is 28.4 Å². The third kappa shape index (κ3) is 3.77. The van der Waals surface area contributed by atoms with Gasteiger partial charge in [-0.15, -0.1) is 0 Å². The summed E-state index contributed by atoms with van der Waals surface area (Å²) in [5.74, 6) is 3.43. The zero-order chi connectivity index (χ0) is 13.8. The minimum atomic E-state index is 0.626. The maximum atomic E-state index is 5.99. The van der Waals surface area contributed by atoms with Crippen molar-refractivity contribution in [3.8, 4) is 0 Å². The SMILES string of the molecule is CCNCc1oc(CN2CCSC(C)C2C)cc1C. The summed E-state index contributed by atoms with van der Waals surface area (Å²) in [7, 11) is 0. The van der Waals surface area contributed by atoms with Crippen LogP contribution in [-0.2, 0) is 13.1 Å². The van der Waals surface area contributed by atoms with Crippen LogP contribution in [0.25, 0.3) is 0 Å². The molecule has 19 heavy (non-hydrogen) atoms. The smallest absolute Gasteiger partial charge is 0.120 e. The lowest BCUT2D eigenvalue weighted by atomic mass is 10.2. The quantitative estimate of drug-likeness (QED) is 0.898. The van der Waals surface area contributed by atoms with E-state index in [0.29, 0.717) is 11.3 Å². The van der Waals surface area contributed by atoms with Crippen LogP contribution in [0.2, 0.25) is 0 Å². The van der Waals surface area contributed by atoms with Gasteiger partial charge in [0.05, 0.1) is 13.1 Å². The molecule has 1 aromatic heterocycles. The molecule has 0 aromatic carbocycles. The fourth-order valence-corrected chi connectivity index (χ4v) is 3.66. The maximum Gasteiger partial charge on any atom is 0.120 e. The molecule has 2 rings (SSSR count). The maximum absolute atomic E-state index is 5.99. The van der Waals surface area contributed by atoms with E-state index in [0.717, 1.165) is 31.2 Å². The number of nitrogens with zero attached hydrogens (tertiary/aromatic N) is 1. The number of rotatable bonds is 5. The molecule has 2 atom stereocenters. The van der Waals surface area contributed by atoms with E-state index in [-0.39, 0.29) is 0 Å². The first-order valence-corrected chi connectivity index (χ1v) is 8.31. The number of thioether (sulfide) groups is 1. The van der Waals surface area contributed by atoms with Crippen LogP contribution >= 0.6 is 11.8 Å². The lowest BCUT2D eigenvalue weighted by molar-refractivity contribution is 0.187. The number of hydrogen-bond donors (Lipinski definition) is 1. The number of nitrogens with one attached hydrogen (secondary N) is 1. The molecular formula is C15H26N2OS. The normalized spacial score (nSPS) is 24.8. The minimum Gasteiger partial charge on any atom is -0.463 e. The zero-order valence-corrected chi connectivity index (χ0v) is 13.3. The second-order valence-electron chi connectivity index (χ2n) is 5.39. The fraction of sp³-hybridized carbons (Fsp3) is 0.733. The van der Waals surface area contributed by atoms with E-state index in [2.05, 4.69) is 55.7 Å². The van der Waals surface area contributed by atoms with Crippen molar-refractivity contribution in [2.45, 2.75) is 52.1 Å². The molecule has 4 heteroatoms. The molecule has 2 heterocycles. The Morgan fingerprint density at radius 1 is 1.47 bits per heavy atom. The molecule has 0 saturated carbocycles.